The van der Waals surface area contributed by atoms with Crippen molar-refractivity contribution in [3.63, 3.8) is 0 Å². The Labute approximate surface area is 120 Å². The molecule has 1 aromatic rings. The van der Waals surface area contributed by atoms with E-state index in [1.807, 2.05) is 4.90 Å². The van der Waals surface area contributed by atoms with Crippen molar-refractivity contribution in [1.82, 2.24) is 15.3 Å². The molecule has 1 N–H and O–H groups in total. The number of piperidine rings is 1. The molecule has 1 fully saturated rings. The molecule has 0 radical (unpaired) electrons. The van der Waals surface area contributed by atoms with Gasteiger partial charge in [0, 0.05) is 18.6 Å². The summed E-state index contributed by atoms with van der Waals surface area (Å²) in [4.78, 5) is 10.0. The SMILES string of the molecule is Cc1ncnc(N2CCC(CNC(C)(C)C)CC2)c1F. The van der Waals surface area contributed by atoms with Crippen molar-refractivity contribution < 1.29 is 4.39 Å². The van der Waals surface area contributed by atoms with Crippen molar-refractivity contribution >= 4 is 5.82 Å². The van der Waals surface area contributed by atoms with Crippen LogP contribution in [0, 0.1) is 18.7 Å². The molecule has 0 amide bonds. The average Bonchev–Trinajstić information content (AvgIpc) is 2.40. The highest BCUT2D eigenvalue weighted by Crippen LogP contribution is 2.24. The molecule has 0 spiro atoms. The Morgan fingerprint density at radius 2 is 1.95 bits per heavy atom. The lowest BCUT2D eigenvalue weighted by Gasteiger charge is -2.34. The molecular weight excluding hydrogens is 255 g/mol. The van der Waals surface area contributed by atoms with Gasteiger partial charge in [0.2, 0.25) is 0 Å². The minimum absolute atomic E-state index is 0.160. The number of hydrogen-bond acceptors (Lipinski definition) is 4. The van der Waals surface area contributed by atoms with E-state index < -0.39 is 0 Å². The number of hydrogen-bond donors (Lipinski definition) is 1. The van der Waals surface area contributed by atoms with E-state index >= 15 is 0 Å². The molecule has 0 aliphatic carbocycles. The van der Waals surface area contributed by atoms with Gasteiger partial charge in [0.05, 0.1) is 5.69 Å². The summed E-state index contributed by atoms with van der Waals surface area (Å²) in [6.07, 6.45) is 3.60. The van der Waals surface area contributed by atoms with Gasteiger partial charge in [-0.25, -0.2) is 14.4 Å². The number of nitrogens with one attached hydrogen (secondary N) is 1. The Morgan fingerprint density at radius 1 is 1.30 bits per heavy atom. The third-order valence-electron chi connectivity index (χ3n) is 3.78. The summed E-state index contributed by atoms with van der Waals surface area (Å²) in [5.74, 6) is 0.843. The third kappa shape index (κ3) is 3.88. The molecule has 0 aromatic carbocycles. The Bertz CT molecular complexity index is 448. The van der Waals surface area contributed by atoms with Crippen LogP contribution in [0.5, 0.6) is 0 Å². The molecule has 1 aliphatic heterocycles. The largest absolute Gasteiger partial charge is 0.354 e. The Morgan fingerprint density at radius 3 is 2.55 bits per heavy atom. The first kappa shape index (κ1) is 15.2. The zero-order valence-electron chi connectivity index (χ0n) is 12.9. The second kappa shape index (κ2) is 6.04. The van der Waals surface area contributed by atoms with Gasteiger partial charge in [-0.1, -0.05) is 0 Å². The molecule has 0 unspecified atom stereocenters. The molecule has 5 heteroatoms. The van der Waals surface area contributed by atoms with E-state index in [1.54, 1.807) is 6.92 Å². The van der Waals surface area contributed by atoms with Crippen LogP contribution in [0.1, 0.15) is 39.3 Å². The lowest BCUT2D eigenvalue weighted by Crippen LogP contribution is -2.43. The van der Waals surface area contributed by atoms with Gasteiger partial charge in [-0.05, 0) is 53.0 Å². The molecule has 1 aliphatic rings. The quantitative estimate of drug-likeness (QED) is 0.924. The highest BCUT2D eigenvalue weighted by molar-refractivity contribution is 5.41. The second-order valence-electron chi connectivity index (χ2n) is 6.66. The minimum Gasteiger partial charge on any atom is -0.354 e. The molecule has 0 saturated carbocycles. The fourth-order valence-electron chi connectivity index (χ4n) is 2.47. The molecule has 1 aromatic heterocycles. The molecule has 1 saturated heterocycles. The molecule has 0 bridgehead atoms. The molecule has 2 rings (SSSR count). The average molecular weight is 280 g/mol. The van der Waals surface area contributed by atoms with E-state index in [0.717, 1.165) is 32.5 Å². The highest BCUT2D eigenvalue weighted by Gasteiger charge is 2.23. The maximum absolute atomic E-state index is 14.0. The van der Waals surface area contributed by atoms with E-state index in [4.69, 9.17) is 0 Å². The van der Waals surface area contributed by atoms with E-state index in [1.165, 1.54) is 6.33 Å². The summed E-state index contributed by atoms with van der Waals surface area (Å²) in [6, 6.07) is 0. The van der Waals surface area contributed by atoms with Crippen LogP contribution in [0.3, 0.4) is 0 Å². The van der Waals surface area contributed by atoms with Crippen LogP contribution in [0.25, 0.3) is 0 Å². The molecule has 0 atom stereocenters. The fraction of sp³-hybridized carbons (Fsp3) is 0.733. The zero-order valence-corrected chi connectivity index (χ0v) is 12.9. The lowest BCUT2D eigenvalue weighted by atomic mass is 9.95. The summed E-state index contributed by atoms with van der Waals surface area (Å²) in [5.41, 5.74) is 0.582. The van der Waals surface area contributed by atoms with Crippen molar-refractivity contribution in [3.8, 4) is 0 Å². The normalized spacial score (nSPS) is 17.6. The number of anilines is 1. The predicted molar refractivity (Wildman–Crippen MR) is 79.4 cm³/mol. The number of halogens is 1. The van der Waals surface area contributed by atoms with Crippen molar-refractivity contribution in [1.29, 1.82) is 0 Å². The van der Waals surface area contributed by atoms with Crippen molar-refractivity contribution in [3.05, 3.63) is 17.8 Å². The molecule has 2 heterocycles. The van der Waals surface area contributed by atoms with Crippen LogP contribution in [-0.4, -0.2) is 35.1 Å². The Kier molecular flexibility index (Phi) is 4.58. The lowest BCUT2D eigenvalue weighted by molar-refractivity contribution is 0.327. The summed E-state index contributed by atoms with van der Waals surface area (Å²) in [7, 11) is 0. The second-order valence-corrected chi connectivity index (χ2v) is 6.66. The number of aromatic nitrogens is 2. The standard InChI is InChI=1S/C15H25FN4/c1-11-13(16)14(18-10-17-11)20-7-5-12(6-8-20)9-19-15(2,3)4/h10,12,19H,5-9H2,1-4H3. The van der Waals surface area contributed by atoms with Crippen molar-refractivity contribution in [2.45, 2.75) is 46.1 Å². The van der Waals surface area contributed by atoms with Crippen LogP contribution in [0.2, 0.25) is 0 Å². The van der Waals surface area contributed by atoms with Gasteiger partial charge in [0.1, 0.15) is 6.33 Å². The Balaban J connectivity index is 1.90. The van der Waals surface area contributed by atoms with E-state index in [2.05, 4.69) is 36.1 Å². The van der Waals surface area contributed by atoms with E-state index in [0.29, 0.717) is 17.4 Å². The summed E-state index contributed by atoms with van der Waals surface area (Å²) in [5, 5.41) is 3.55. The van der Waals surface area contributed by atoms with Crippen LogP contribution < -0.4 is 10.2 Å². The van der Waals surface area contributed by atoms with Crippen molar-refractivity contribution in [2.75, 3.05) is 24.5 Å². The first-order chi connectivity index (χ1) is 9.37. The van der Waals surface area contributed by atoms with Gasteiger partial charge < -0.3 is 10.2 Å². The predicted octanol–water partition coefficient (Wildman–Crippen LogP) is 2.53. The van der Waals surface area contributed by atoms with Gasteiger partial charge in [-0.15, -0.1) is 0 Å². The first-order valence-electron chi connectivity index (χ1n) is 7.34. The minimum atomic E-state index is -0.279. The third-order valence-corrected chi connectivity index (χ3v) is 3.78. The van der Waals surface area contributed by atoms with Crippen LogP contribution >= 0.6 is 0 Å². The van der Waals surface area contributed by atoms with E-state index in [9.17, 15) is 4.39 Å². The fourth-order valence-corrected chi connectivity index (χ4v) is 2.47. The van der Waals surface area contributed by atoms with Gasteiger partial charge in [0.15, 0.2) is 11.6 Å². The topological polar surface area (TPSA) is 41.1 Å². The van der Waals surface area contributed by atoms with Crippen molar-refractivity contribution in [2.24, 2.45) is 5.92 Å². The first-order valence-corrected chi connectivity index (χ1v) is 7.34. The van der Waals surface area contributed by atoms with Gasteiger partial charge in [0.25, 0.3) is 0 Å². The number of rotatable bonds is 3. The number of nitrogens with zero attached hydrogens (tertiary/aromatic N) is 3. The highest BCUT2D eigenvalue weighted by atomic mass is 19.1. The van der Waals surface area contributed by atoms with Gasteiger partial charge >= 0.3 is 0 Å². The van der Waals surface area contributed by atoms with Gasteiger partial charge in [-0.2, -0.15) is 0 Å². The zero-order chi connectivity index (χ0) is 14.8. The van der Waals surface area contributed by atoms with Crippen LogP contribution in [-0.2, 0) is 0 Å². The Hall–Kier alpha value is -1.23. The molecular formula is C15H25FN4. The molecule has 112 valence electrons. The number of aryl methyl sites for hydroxylation is 1. The smallest absolute Gasteiger partial charge is 0.186 e. The van der Waals surface area contributed by atoms with E-state index in [-0.39, 0.29) is 11.4 Å². The summed E-state index contributed by atoms with van der Waals surface area (Å²) >= 11 is 0. The maximum Gasteiger partial charge on any atom is 0.186 e. The summed E-state index contributed by atoms with van der Waals surface area (Å²) in [6.45, 7) is 11.0. The van der Waals surface area contributed by atoms with Crippen LogP contribution in [0.4, 0.5) is 10.2 Å². The van der Waals surface area contributed by atoms with Gasteiger partial charge in [-0.3, -0.25) is 0 Å². The summed E-state index contributed by atoms with van der Waals surface area (Å²) < 4.78 is 14.0. The van der Waals surface area contributed by atoms with Crippen LogP contribution in [0.15, 0.2) is 6.33 Å². The monoisotopic (exact) mass is 280 g/mol. The molecule has 4 nitrogen and oxygen atoms in total. The maximum atomic E-state index is 14.0. The molecule has 20 heavy (non-hydrogen) atoms.